The van der Waals surface area contributed by atoms with E-state index in [2.05, 4.69) is 28.0 Å². The number of hydrogen-bond acceptors (Lipinski definition) is 3. The zero-order chi connectivity index (χ0) is 11.4. The van der Waals surface area contributed by atoms with Crippen molar-refractivity contribution in [1.29, 1.82) is 0 Å². The van der Waals surface area contributed by atoms with Crippen molar-refractivity contribution >= 4 is 27.7 Å². The van der Waals surface area contributed by atoms with Crippen LogP contribution >= 0.6 is 15.9 Å². The summed E-state index contributed by atoms with van der Waals surface area (Å²) in [6.45, 7) is 2.86. The first-order valence-electron chi connectivity index (χ1n) is 5.44. The average molecular weight is 285 g/mol. The van der Waals surface area contributed by atoms with Crippen LogP contribution in [0.5, 0.6) is 0 Å². The van der Waals surface area contributed by atoms with Crippen LogP contribution in [0, 0.1) is 0 Å². The van der Waals surface area contributed by atoms with Crippen LogP contribution in [0.2, 0.25) is 0 Å². The second-order valence-corrected chi connectivity index (χ2v) is 5.32. The number of fused-ring (bicyclic) bond motifs is 2. The number of amides is 1. The van der Waals surface area contributed by atoms with Crippen molar-refractivity contribution in [1.82, 2.24) is 14.7 Å². The highest BCUT2D eigenvalue weighted by molar-refractivity contribution is 9.10. The van der Waals surface area contributed by atoms with Crippen molar-refractivity contribution < 1.29 is 4.79 Å². The predicted molar refractivity (Wildman–Crippen MR) is 63.0 cm³/mol. The normalized spacial score (nSPS) is 28.1. The van der Waals surface area contributed by atoms with E-state index in [0.717, 1.165) is 19.4 Å². The lowest BCUT2D eigenvalue weighted by atomic mass is 10.2. The van der Waals surface area contributed by atoms with Gasteiger partial charge in [-0.2, -0.15) is 5.10 Å². The van der Waals surface area contributed by atoms with Crippen LogP contribution in [0.3, 0.4) is 0 Å². The minimum atomic E-state index is 0.0531. The molecular formula is C10H13BrN4O. The molecule has 1 amide bonds. The molecule has 1 saturated heterocycles. The number of nitrogens with zero attached hydrogens (tertiary/aromatic N) is 3. The molecule has 6 heteroatoms. The van der Waals surface area contributed by atoms with Crippen LogP contribution in [0.25, 0.3) is 0 Å². The Bertz CT molecular complexity index is 470. The lowest BCUT2D eigenvalue weighted by molar-refractivity contribution is 0.0594. The number of aromatic nitrogens is 2. The Balaban J connectivity index is 2.11. The molecule has 0 bridgehead atoms. The molecule has 3 rings (SSSR count). The maximum atomic E-state index is 12.3. The fourth-order valence-corrected chi connectivity index (χ4v) is 3.19. The highest BCUT2D eigenvalue weighted by Crippen LogP contribution is 2.35. The van der Waals surface area contributed by atoms with Gasteiger partial charge in [0.05, 0.1) is 17.1 Å². The molecule has 1 aromatic heterocycles. The molecule has 16 heavy (non-hydrogen) atoms. The molecule has 1 fully saturated rings. The molecular weight excluding hydrogens is 272 g/mol. The van der Waals surface area contributed by atoms with Gasteiger partial charge in [0.2, 0.25) is 0 Å². The molecule has 2 aliphatic rings. The van der Waals surface area contributed by atoms with Crippen LogP contribution in [0.15, 0.2) is 4.47 Å². The van der Waals surface area contributed by atoms with Gasteiger partial charge < -0.3 is 10.6 Å². The van der Waals surface area contributed by atoms with Crippen molar-refractivity contribution in [3.63, 3.8) is 0 Å². The van der Waals surface area contributed by atoms with E-state index in [4.69, 9.17) is 5.73 Å². The van der Waals surface area contributed by atoms with Gasteiger partial charge in [-0.3, -0.25) is 9.48 Å². The van der Waals surface area contributed by atoms with Crippen molar-refractivity contribution in [3.8, 4) is 0 Å². The first-order valence-corrected chi connectivity index (χ1v) is 6.23. The lowest BCUT2D eigenvalue weighted by Gasteiger charge is -2.33. The van der Waals surface area contributed by atoms with Crippen molar-refractivity contribution in [2.24, 2.45) is 0 Å². The highest BCUT2D eigenvalue weighted by atomic mass is 79.9. The molecule has 0 saturated carbocycles. The van der Waals surface area contributed by atoms with Crippen molar-refractivity contribution in [3.05, 3.63) is 10.2 Å². The predicted octanol–water partition coefficient (Wildman–Crippen LogP) is 1.23. The fourth-order valence-electron chi connectivity index (χ4n) is 2.73. The fraction of sp³-hybridized carbons (Fsp3) is 0.600. The van der Waals surface area contributed by atoms with E-state index in [1.54, 1.807) is 4.68 Å². The van der Waals surface area contributed by atoms with E-state index in [0.29, 0.717) is 28.1 Å². The first kappa shape index (κ1) is 10.1. The van der Waals surface area contributed by atoms with Gasteiger partial charge in [-0.05, 0) is 35.7 Å². The molecule has 2 N–H and O–H groups in total. The minimum Gasteiger partial charge on any atom is -0.381 e. The minimum absolute atomic E-state index is 0.0531. The van der Waals surface area contributed by atoms with Gasteiger partial charge in [-0.25, -0.2) is 0 Å². The number of carbonyl (C=O) groups excluding carboxylic acids is 1. The van der Waals surface area contributed by atoms with Crippen LogP contribution in [0.4, 0.5) is 5.82 Å². The Morgan fingerprint density at radius 2 is 2.25 bits per heavy atom. The summed E-state index contributed by atoms with van der Waals surface area (Å²) in [6, 6.07) is 0.621. The average Bonchev–Trinajstić information content (AvgIpc) is 2.71. The summed E-state index contributed by atoms with van der Waals surface area (Å²) in [5, 5.41) is 4.19. The van der Waals surface area contributed by atoms with E-state index in [1.165, 1.54) is 0 Å². The van der Waals surface area contributed by atoms with Gasteiger partial charge >= 0.3 is 0 Å². The zero-order valence-electron chi connectivity index (χ0n) is 8.98. The third kappa shape index (κ3) is 1.16. The SMILES string of the molecule is C[C@H]1CC[C@H]2Cn3nc(N)c(Br)c3C(=O)N21. The molecule has 2 aliphatic heterocycles. The van der Waals surface area contributed by atoms with Gasteiger partial charge in [-0.1, -0.05) is 0 Å². The molecule has 5 nitrogen and oxygen atoms in total. The van der Waals surface area contributed by atoms with Gasteiger partial charge in [-0.15, -0.1) is 0 Å². The molecule has 0 aliphatic carbocycles. The summed E-state index contributed by atoms with van der Waals surface area (Å²) < 4.78 is 2.37. The number of anilines is 1. The van der Waals surface area contributed by atoms with Crippen molar-refractivity contribution in [2.75, 3.05) is 5.73 Å². The van der Waals surface area contributed by atoms with Crippen LogP contribution < -0.4 is 5.73 Å². The molecule has 0 radical (unpaired) electrons. The van der Waals surface area contributed by atoms with E-state index in [-0.39, 0.29) is 5.91 Å². The monoisotopic (exact) mass is 284 g/mol. The Morgan fingerprint density at radius 3 is 3.00 bits per heavy atom. The smallest absolute Gasteiger partial charge is 0.273 e. The summed E-state index contributed by atoms with van der Waals surface area (Å²) in [6.07, 6.45) is 2.14. The maximum absolute atomic E-state index is 12.3. The number of halogens is 1. The van der Waals surface area contributed by atoms with Crippen LogP contribution in [-0.2, 0) is 6.54 Å². The van der Waals surface area contributed by atoms with E-state index in [9.17, 15) is 4.79 Å². The number of nitrogens with two attached hydrogens (primary N) is 1. The second kappa shape index (κ2) is 3.23. The molecule has 0 aromatic carbocycles. The Hall–Kier alpha value is -1.04. The third-order valence-corrected chi connectivity index (χ3v) is 4.31. The first-order chi connectivity index (χ1) is 7.59. The van der Waals surface area contributed by atoms with E-state index < -0.39 is 0 Å². The summed E-state index contributed by atoms with van der Waals surface area (Å²) in [5.41, 5.74) is 6.32. The number of nitrogen functional groups attached to an aromatic ring is 1. The molecule has 3 heterocycles. The quantitative estimate of drug-likeness (QED) is 0.780. The van der Waals surface area contributed by atoms with Gasteiger partial charge in [0.1, 0.15) is 5.69 Å². The Morgan fingerprint density at radius 1 is 1.50 bits per heavy atom. The molecule has 0 unspecified atom stereocenters. The molecule has 86 valence electrons. The van der Waals surface area contributed by atoms with Crippen molar-refractivity contribution in [2.45, 2.75) is 38.4 Å². The summed E-state index contributed by atoms with van der Waals surface area (Å²) in [7, 11) is 0. The van der Waals surface area contributed by atoms with Gasteiger partial charge in [0.15, 0.2) is 5.82 Å². The Labute approximate surface area is 102 Å². The number of carbonyl (C=O) groups is 1. The Kier molecular flexibility index (Phi) is 2.04. The van der Waals surface area contributed by atoms with Gasteiger partial charge in [0, 0.05) is 6.04 Å². The molecule has 0 spiro atoms. The van der Waals surface area contributed by atoms with Crippen LogP contribution in [-0.4, -0.2) is 32.7 Å². The molecule has 1 aromatic rings. The zero-order valence-corrected chi connectivity index (χ0v) is 10.6. The third-order valence-electron chi connectivity index (χ3n) is 3.53. The summed E-state index contributed by atoms with van der Waals surface area (Å²) in [5.74, 6) is 0.453. The van der Waals surface area contributed by atoms with E-state index >= 15 is 0 Å². The van der Waals surface area contributed by atoms with Crippen LogP contribution in [0.1, 0.15) is 30.3 Å². The topological polar surface area (TPSA) is 64.2 Å². The highest BCUT2D eigenvalue weighted by Gasteiger charge is 2.41. The number of hydrogen-bond donors (Lipinski definition) is 1. The number of rotatable bonds is 0. The second-order valence-electron chi connectivity index (χ2n) is 4.52. The van der Waals surface area contributed by atoms with E-state index in [1.807, 2.05) is 4.90 Å². The summed E-state index contributed by atoms with van der Waals surface area (Å²) in [4.78, 5) is 14.3. The summed E-state index contributed by atoms with van der Waals surface area (Å²) >= 11 is 3.34. The standard InChI is InChI=1S/C10H13BrN4O/c1-5-2-3-6-4-14-8(10(16)15(5)6)7(11)9(12)13-14/h5-6H,2-4H2,1H3,(H2,12,13)/t5-,6-/m0/s1. The maximum Gasteiger partial charge on any atom is 0.273 e. The molecule has 2 atom stereocenters. The lowest BCUT2D eigenvalue weighted by Crippen LogP contribution is -2.47. The van der Waals surface area contributed by atoms with Gasteiger partial charge in [0.25, 0.3) is 5.91 Å². The largest absolute Gasteiger partial charge is 0.381 e.